The Hall–Kier alpha value is -2.56. The van der Waals surface area contributed by atoms with E-state index in [9.17, 15) is 13.2 Å². The summed E-state index contributed by atoms with van der Waals surface area (Å²) in [5, 5.41) is 0. The van der Waals surface area contributed by atoms with E-state index >= 15 is 0 Å². The Bertz CT molecular complexity index is 850. The van der Waals surface area contributed by atoms with Gasteiger partial charge in [-0.15, -0.1) is 0 Å². The predicted molar refractivity (Wildman–Crippen MR) is 99.3 cm³/mol. The number of allylic oxidation sites excluding steroid dienone is 5. The van der Waals surface area contributed by atoms with E-state index in [0.717, 1.165) is 17.6 Å². The van der Waals surface area contributed by atoms with Crippen LogP contribution in [0.1, 0.15) is 37.8 Å². The van der Waals surface area contributed by atoms with Gasteiger partial charge in [-0.3, -0.25) is 0 Å². The van der Waals surface area contributed by atoms with Gasteiger partial charge in [0, 0.05) is 11.8 Å². The molecule has 26 heavy (non-hydrogen) atoms. The highest BCUT2D eigenvalue weighted by Gasteiger charge is 2.41. The van der Waals surface area contributed by atoms with Crippen molar-refractivity contribution in [3.8, 4) is 0 Å². The topological polar surface area (TPSA) is 15.6 Å². The lowest BCUT2D eigenvalue weighted by Crippen LogP contribution is -2.32. The molecule has 0 unspecified atom stereocenters. The quantitative estimate of drug-likeness (QED) is 0.634. The number of aliphatic imine (C=N–C) groups is 1. The van der Waals surface area contributed by atoms with Crippen LogP contribution in [-0.2, 0) is 0 Å². The molecule has 0 spiro atoms. The smallest absolute Gasteiger partial charge is 0.301 e. The van der Waals surface area contributed by atoms with E-state index in [1.807, 2.05) is 45.1 Å². The molecule has 136 valence electrons. The molecular formula is C21H21F3N2. The van der Waals surface area contributed by atoms with Crippen molar-refractivity contribution in [1.29, 1.82) is 0 Å². The summed E-state index contributed by atoms with van der Waals surface area (Å²) in [4.78, 5) is 5.76. The molecule has 2 heterocycles. The van der Waals surface area contributed by atoms with Gasteiger partial charge < -0.3 is 4.90 Å². The Kier molecular flexibility index (Phi) is 4.90. The molecule has 1 aromatic rings. The zero-order valence-electron chi connectivity index (χ0n) is 15.1. The van der Waals surface area contributed by atoms with Gasteiger partial charge in [-0.05, 0) is 43.1 Å². The summed E-state index contributed by atoms with van der Waals surface area (Å²) in [6, 6.07) is 7.09. The maximum Gasteiger partial charge on any atom is 0.434 e. The lowest BCUT2D eigenvalue weighted by Gasteiger charge is -2.33. The third kappa shape index (κ3) is 3.39. The molecule has 0 saturated carbocycles. The number of hydrogen-bond donors (Lipinski definition) is 0. The van der Waals surface area contributed by atoms with Crippen LogP contribution in [0, 0.1) is 6.92 Å². The van der Waals surface area contributed by atoms with E-state index < -0.39 is 11.9 Å². The highest BCUT2D eigenvalue weighted by molar-refractivity contribution is 6.04. The fraction of sp³-hybridized carbons (Fsp3) is 0.286. The monoisotopic (exact) mass is 358 g/mol. The maximum absolute atomic E-state index is 13.9. The minimum atomic E-state index is -4.53. The van der Waals surface area contributed by atoms with Crippen molar-refractivity contribution in [2.24, 2.45) is 4.99 Å². The van der Waals surface area contributed by atoms with Crippen LogP contribution in [0.15, 0.2) is 70.7 Å². The Labute approximate surface area is 151 Å². The number of benzene rings is 1. The first kappa shape index (κ1) is 18.2. The van der Waals surface area contributed by atoms with Crippen LogP contribution in [0.5, 0.6) is 0 Å². The summed E-state index contributed by atoms with van der Waals surface area (Å²) in [5.41, 5.74) is 2.28. The zero-order chi connectivity index (χ0) is 18.9. The average Bonchev–Trinajstić information content (AvgIpc) is 2.61. The molecule has 0 aliphatic carbocycles. The third-order valence-corrected chi connectivity index (χ3v) is 4.39. The van der Waals surface area contributed by atoms with E-state index in [2.05, 4.69) is 4.99 Å². The zero-order valence-corrected chi connectivity index (χ0v) is 15.1. The second-order valence-electron chi connectivity index (χ2n) is 6.31. The molecule has 0 bridgehead atoms. The predicted octanol–water partition coefficient (Wildman–Crippen LogP) is 6.14. The van der Waals surface area contributed by atoms with Crippen LogP contribution in [0.2, 0.25) is 0 Å². The molecule has 2 nitrogen and oxygen atoms in total. The molecule has 2 aliphatic heterocycles. The average molecular weight is 358 g/mol. The first-order valence-corrected chi connectivity index (χ1v) is 8.70. The summed E-state index contributed by atoms with van der Waals surface area (Å²) in [6.45, 7) is 5.79. The maximum atomic E-state index is 13.9. The second-order valence-corrected chi connectivity index (χ2v) is 6.31. The van der Waals surface area contributed by atoms with Crippen molar-refractivity contribution in [3.05, 3.63) is 76.8 Å². The van der Waals surface area contributed by atoms with Crippen molar-refractivity contribution in [1.82, 2.24) is 4.90 Å². The summed E-state index contributed by atoms with van der Waals surface area (Å²) in [6.07, 6.45) is 4.11. The number of fused-ring (bicyclic) bond motifs is 1. The van der Waals surface area contributed by atoms with Gasteiger partial charge in [0.1, 0.15) is 5.84 Å². The van der Waals surface area contributed by atoms with Crippen LogP contribution >= 0.6 is 0 Å². The summed E-state index contributed by atoms with van der Waals surface area (Å²) in [7, 11) is 0. The van der Waals surface area contributed by atoms with E-state index in [4.69, 9.17) is 0 Å². The molecular weight excluding hydrogens is 337 g/mol. The minimum Gasteiger partial charge on any atom is -0.301 e. The Balaban J connectivity index is 2.29. The summed E-state index contributed by atoms with van der Waals surface area (Å²) >= 11 is 0. The Morgan fingerprint density at radius 1 is 1.12 bits per heavy atom. The molecule has 3 rings (SSSR count). The normalized spacial score (nSPS) is 18.8. The lowest BCUT2D eigenvalue weighted by molar-refractivity contribution is -0.0920. The fourth-order valence-electron chi connectivity index (χ4n) is 3.06. The number of aryl methyl sites for hydroxylation is 1. The largest absolute Gasteiger partial charge is 0.434 e. The highest BCUT2D eigenvalue weighted by Crippen LogP contribution is 2.42. The van der Waals surface area contributed by atoms with Gasteiger partial charge in [0.25, 0.3) is 0 Å². The van der Waals surface area contributed by atoms with Crippen molar-refractivity contribution in [3.63, 3.8) is 0 Å². The third-order valence-electron chi connectivity index (χ3n) is 4.39. The lowest BCUT2D eigenvalue weighted by atomic mass is 9.95. The number of amidine groups is 1. The van der Waals surface area contributed by atoms with Gasteiger partial charge in [-0.2, -0.15) is 13.2 Å². The van der Waals surface area contributed by atoms with Crippen molar-refractivity contribution in [2.75, 3.05) is 0 Å². The number of hydrogen-bond acceptors (Lipinski definition) is 2. The van der Waals surface area contributed by atoms with Crippen molar-refractivity contribution < 1.29 is 13.2 Å². The molecule has 0 radical (unpaired) electrons. The molecule has 0 N–H and O–H groups in total. The first-order chi connectivity index (χ1) is 12.3. The fourth-order valence-corrected chi connectivity index (χ4v) is 3.06. The van der Waals surface area contributed by atoms with E-state index in [0.29, 0.717) is 23.5 Å². The van der Waals surface area contributed by atoms with Crippen LogP contribution in [0.3, 0.4) is 0 Å². The van der Waals surface area contributed by atoms with Crippen LogP contribution in [-0.4, -0.2) is 16.9 Å². The SMILES string of the molecule is CC/C=C1/C(c2ccc(C)cc2)=C(C(F)(F)F)N=C2C=C(CC)C=CN21. The Morgan fingerprint density at radius 3 is 2.38 bits per heavy atom. The summed E-state index contributed by atoms with van der Waals surface area (Å²) in [5.74, 6) is 0.312. The minimum absolute atomic E-state index is 0.126. The van der Waals surface area contributed by atoms with E-state index in [-0.39, 0.29) is 5.57 Å². The van der Waals surface area contributed by atoms with Crippen LogP contribution in [0.4, 0.5) is 13.2 Å². The molecule has 0 fully saturated rings. The standard InChI is InChI=1S/C21H21F3N2/c1-4-6-17-19(16-9-7-14(3)8-10-16)20(21(22,23)24)25-18-13-15(5-2)11-12-26(17)18/h6-13H,4-5H2,1-3H3/b17-6-. The van der Waals surface area contributed by atoms with E-state index in [1.165, 1.54) is 0 Å². The van der Waals surface area contributed by atoms with Crippen molar-refractivity contribution >= 4 is 11.4 Å². The second kappa shape index (κ2) is 6.98. The Morgan fingerprint density at radius 2 is 1.81 bits per heavy atom. The molecule has 5 heteroatoms. The van der Waals surface area contributed by atoms with Gasteiger partial charge in [-0.1, -0.05) is 49.8 Å². The molecule has 0 atom stereocenters. The number of rotatable bonds is 3. The molecule has 0 amide bonds. The van der Waals surface area contributed by atoms with Gasteiger partial charge >= 0.3 is 6.18 Å². The van der Waals surface area contributed by atoms with Gasteiger partial charge in [0.2, 0.25) is 0 Å². The van der Waals surface area contributed by atoms with Gasteiger partial charge in [0.05, 0.1) is 5.70 Å². The van der Waals surface area contributed by atoms with Crippen LogP contribution < -0.4 is 0 Å². The number of nitrogens with zero attached hydrogens (tertiary/aromatic N) is 2. The summed E-state index contributed by atoms with van der Waals surface area (Å²) < 4.78 is 41.6. The van der Waals surface area contributed by atoms with Gasteiger partial charge in [-0.25, -0.2) is 4.99 Å². The molecule has 0 aromatic heterocycles. The number of halogens is 3. The van der Waals surface area contributed by atoms with Gasteiger partial charge in [0.15, 0.2) is 5.70 Å². The molecule has 2 aliphatic rings. The highest BCUT2D eigenvalue weighted by atomic mass is 19.4. The van der Waals surface area contributed by atoms with E-state index in [1.54, 1.807) is 29.3 Å². The molecule has 1 aromatic carbocycles. The molecule has 0 saturated heterocycles. The number of alkyl halides is 3. The van der Waals surface area contributed by atoms with Crippen molar-refractivity contribution in [2.45, 2.75) is 39.8 Å². The van der Waals surface area contributed by atoms with Crippen LogP contribution in [0.25, 0.3) is 5.57 Å². The first-order valence-electron chi connectivity index (χ1n) is 8.70.